The van der Waals surface area contributed by atoms with Crippen LogP contribution in [0.15, 0.2) is 35.1 Å². The Labute approximate surface area is 117 Å². The van der Waals surface area contributed by atoms with Crippen molar-refractivity contribution in [3.05, 3.63) is 47.6 Å². The second-order valence-electron chi connectivity index (χ2n) is 4.87. The molecule has 0 unspecified atom stereocenters. The molecule has 0 fully saturated rings. The summed E-state index contributed by atoms with van der Waals surface area (Å²) in [6.07, 6.45) is 1.60. The van der Waals surface area contributed by atoms with Crippen molar-refractivity contribution in [1.29, 1.82) is 0 Å². The smallest absolute Gasteiger partial charge is 0.139 e. The quantitative estimate of drug-likeness (QED) is 0.731. The summed E-state index contributed by atoms with van der Waals surface area (Å²) in [5.74, 6) is 1.77. The Morgan fingerprint density at radius 2 is 1.95 bits per heavy atom. The Bertz CT molecular complexity index is 726. The van der Waals surface area contributed by atoms with E-state index in [1.807, 2.05) is 45.2 Å². The summed E-state index contributed by atoms with van der Waals surface area (Å²) >= 11 is 0. The van der Waals surface area contributed by atoms with Gasteiger partial charge in [0.1, 0.15) is 17.9 Å². The van der Waals surface area contributed by atoms with Crippen LogP contribution in [0.4, 0.5) is 5.82 Å². The fraction of sp³-hybridized carbons (Fsp3) is 0.267. The molecule has 0 saturated heterocycles. The largest absolute Gasteiger partial charge is 0.361 e. The molecular weight excluding hydrogens is 252 g/mol. The Kier molecular flexibility index (Phi) is 3.10. The molecule has 0 amide bonds. The molecule has 0 bridgehead atoms. The number of hydrogen-bond acceptors (Lipinski definition) is 5. The molecule has 5 nitrogen and oxygen atoms in total. The lowest BCUT2D eigenvalue weighted by Crippen LogP contribution is -2.19. The van der Waals surface area contributed by atoms with Gasteiger partial charge in [0.15, 0.2) is 0 Å². The van der Waals surface area contributed by atoms with Crippen LogP contribution in [0.25, 0.3) is 10.9 Å². The Hall–Kier alpha value is -2.43. The van der Waals surface area contributed by atoms with Crippen LogP contribution in [0.5, 0.6) is 0 Å². The molecule has 102 valence electrons. The van der Waals surface area contributed by atoms with E-state index in [1.165, 1.54) is 0 Å². The van der Waals surface area contributed by atoms with Gasteiger partial charge in [0.05, 0.1) is 11.2 Å². The summed E-state index contributed by atoms with van der Waals surface area (Å²) in [6.45, 7) is 4.60. The highest BCUT2D eigenvalue weighted by Gasteiger charge is 2.14. The number of para-hydroxylation sites is 1. The number of aromatic nitrogens is 3. The zero-order valence-electron chi connectivity index (χ0n) is 11.8. The Morgan fingerprint density at radius 3 is 2.70 bits per heavy atom. The molecule has 0 atom stereocenters. The normalized spacial score (nSPS) is 10.9. The maximum absolute atomic E-state index is 5.21. The fourth-order valence-electron chi connectivity index (χ4n) is 2.33. The van der Waals surface area contributed by atoms with E-state index >= 15 is 0 Å². The average Bonchev–Trinajstić information content (AvgIpc) is 2.78. The second kappa shape index (κ2) is 4.92. The molecule has 0 N–H and O–H groups in total. The van der Waals surface area contributed by atoms with E-state index in [-0.39, 0.29) is 0 Å². The number of aryl methyl sites for hydroxylation is 2. The van der Waals surface area contributed by atoms with Gasteiger partial charge in [-0.3, -0.25) is 0 Å². The van der Waals surface area contributed by atoms with Gasteiger partial charge in [-0.15, -0.1) is 0 Å². The predicted molar refractivity (Wildman–Crippen MR) is 77.6 cm³/mol. The average molecular weight is 268 g/mol. The molecule has 5 heteroatoms. The minimum Gasteiger partial charge on any atom is -0.361 e. The third-order valence-electron chi connectivity index (χ3n) is 3.46. The van der Waals surface area contributed by atoms with Gasteiger partial charge < -0.3 is 9.42 Å². The Balaban J connectivity index is 1.99. The van der Waals surface area contributed by atoms with Crippen molar-refractivity contribution >= 4 is 16.7 Å². The van der Waals surface area contributed by atoms with Crippen LogP contribution < -0.4 is 4.90 Å². The molecule has 20 heavy (non-hydrogen) atoms. The molecule has 0 spiro atoms. The van der Waals surface area contributed by atoms with Gasteiger partial charge in [0.2, 0.25) is 0 Å². The first kappa shape index (κ1) is 12.6. The summed E-state index contributed by atoms with van der Waals surface area (Å²) in [5.41, 5.74) is 2.98. The van der Waals surface area contributed by atoms with Crippen molar-refractivity contribution in [2.24, 2.45) is 0 Å². The molecular formula is C15H16N4O. The molecule has 3 rings (SSSR count). The first-order valence-electron chi connectivity index (χ1n) is 6.49. The summed E-state index contributed by atoms with van der Waals surface area (Å²) < 4.78 is 5.21. The number of rotatable bonds is 3. The van der Waals surface area contributed by atoms with Crippen molar-refractivity contribution in [2.45, 2.75) is 20.4 Å². The van der Waals surface area contributed by atoms with E-state index in [1.54, 1.807) is 6.33 Å². The first-order chi connectivity index (χ1) is 9.66. The number of nitrogens with zero attached hydrogens (tertiary/aromatic N) is 4. The van der Waals surface area contributed by atoms with Crippen LogP contribution in [0.2, 0.25) is 0 Å². The van der Waals surface area contributed by atoms with Gasteiger partial charge in [-0.1, -0.05) is 17.3 Å². The van der Waals surface area contributed by atoms with Gasteiger partial charge in [0.25, 0.3) is 0 Å². The van der Waals surface area contributed by atoms with E-state index in [0.717, 1.165) is 33.7 Å². The lowest BCUT2D eigenvalue weighted by Gasteiger charge is -2.19. The van der Waals surface area contributed by atoms with Crippen LogP contribution >= 0.6 is 0 Å². The van der Waals surface area contributed by atoms with Gasteiger partial charge in [-0.05, 0) is 26.0 Å². The maximum atomic E-state index is 5.21. The van der Waals surface area contributed by atoms with Gasteiger partial charge in [-0.2, -0.15) is 0 Å². The van der Waals surface area contributed by atoms with Crippen molar-refractivity contribution in [2.75, 3.05) is 11.9 Å². The number of benzene rings is 1. The van der Waals surface area contributed by atoms with Crippen molar-refractivity contribution in [3.63, 3.8) is 0 Å². The van der Waals surface area contributed by atoms with Crippen LogP contribution in [0.3, 0.4) is 0 Å². The lowest BCUT2D eigenvalue weighted by molar-refractivity contribution is 0.392. The first-order valence-corrected chi connectivity index (χ1v) is 6.49. The molecule has 2 aromatic heterocycles. The van der Waals surface area contributed by atoms with Gasteiger partial charge in [0, 0.05) is 24.5 Å². The standard InChI is InChI=1S/C15H16N4O/c1-10-13(11(2)20-18-10)8-19(3)15-12-6-4-5-7-14(12)16-9-17-15/h4-7,9H,8H2,1-3H3. The zero-order chi connectivity index (χ0) is 14.1. The van der Waals surface area contributed by atoms with Crippen LogP contribution in [-0.2, 0) is 6.54 Å². The monoisotopic (exact) mass is 268 g/mol. The third kappa shape index (κ3) is 2.11. The molecule has 1 aromatic carbocycles. The van der Waals surface area contributed by atoms with Crippen molar-refractivity contribution in [1.82, 2.24) is 15.1 Å². The van der Waals surface area contributed by atoms with Crippen molar-refractivity contribution < 1.29 is 4.52 Å². The number of fused-ring (bicyclic) bond motifs is 1. The molecule has 0 aliphatic heterocycles. The zero-order valence-corrected chi connectivity index (χ0v) is 11.8. The minimum absolute atomic E-state index is 0.710. The van der Waals surface area contributed by atoms with E-state index in [0.29, 0.717) is 6.54 Å². The van der Waals surface area contributed by atoms with E-state index in [2.05, 4.69) is 20.0 Å². The highest BCUT2D eigenvalue weighted by Crippen LogP contribution is 2.24. The predicted octanol–water partition coefficient (Wildman–Crippen LogP) is 2.87. The van der Waals surface area contributed by atoms with Crippen LogP contribution in [0.1, 0.15) is 17.0 Å². The highest BCUT2D eigenvalue weighted by atomic mass is 16.5. The summed E-state index contributed by atoms with van der Waals surface area (Å²) in [6, 6.07) is 8.01. The van der Waals surface area contributed by atoms with Crippen LogP contribution in [-0.4, -0.2) is 22.2 Å². The Morgan fingerprint density at radius 1 is 1.15 bits per heavy atom. The van der Waals surface area contributed by atoms with Gasteiger partial charge >= 0.3 is 0 Å². The number of hydrogen-bond donors (Lipinski definition) is 0. The second-order valence-corrected chi connectivity index (χ2v) is 4.87. The molecule has 0 aliphatic carbocycles. The van der Waals surface area contributed by atoms with E-state index in [4.69, 9.17) is 4.52 Å². The topological polar surface area (TPSA) is 55.1 Å². The molecule has 3 aromatic rings. The third-order valence-corrected chi connectivity index (χ3v) is 3.46. The molecule has 0 saturated carbocycles. The molecule has 2 heterocycles. The van der Waals surface area contributed by atoms with E-state index < -0.39 is 0 Å². The molecule has 0 radical (unpaired) electrons. The van der Waals surface area contributed by atoms with Gasteiger partial charge in [-0.25, -0.2) is 9.97 Å². The number of anilines is 1. The minimum atomic E-state index is 0.710. The maximum Gasteiger partial charge on any atom is 0.139 e. The van der Waals surface area contributed by atoms with Crippen molar-refractivity contribution in [3.8, 4) is 0 Å². The summed E-state index contributed by atoms with van der Waals surface area (Å²) in [7, 11) is 2.01. The highest BCUT2D eigenvalue weighted by molar-refractivity contribution is 5.89. The van der Waals surface area contributed by atoms with E-state index in [9.17, 15) is 0 Å². The summed E-state index contributed by atoms with van der Waals surface area (Å²) in [5, 5.41) is 5.04. The van der Waals surface area contributed by atoms with Crippen LogP contribution in [0, 0.1) is 13.8 Å². The SMILES string of the molecule is Cc1noc(C)c1CN(C)c1ncnc2ccccc12. The molecule has 0 aliphatic rings. The fourth-order valence-corrected chi connectivity index (χ4v) is 2.33. The lowest BCUT2D eigenvalue weighted by atomic mass is 10.2. The summed E-state index contributed by atoms with van der Waals surface area (Å²) in [4.78, 5) is 10.8.